The fourth-order valence-electron chi connectivity index (χ4n) is 2.63. The van der Waals surface area contributed by atoms with Crippen LogP contribution in [0.4, 0.5) is 33.2 Å². The zero-order chi connectivity index (χ0) is 24.9. The minimum atomic E-state index is -5.07. The fourth-order valence-corrected chi connectivity index (χ4v) is 4.69. The molecule has 0 spiro atoms. The molecular formula is C20H16F4N4O4S2. The van der Waals surface area contributed by atoms with E-state index in [0.717, 1.165) is 35.6 Å². The number of alkyl halides is 3. The smallest absolute Gasteiger partial charge is 0.334 e. The van der Waals surface area contributed by atoms with Crippen molar-refractivity contribution in [2.45, 2.75) is 23.4 Å². The molecule has 0 aliphatic heterocycles. The van der Waals surface area contributed by atoms with Crippen molar-refractivity contribution in [1.82, 2.24) is 10.3 Å². The van der Waals surface area contributed by atoms with Gasteiger partial charge >= 0.3 is 18.1 Å². The summed E-state index contributed by atoms with van der Waals surface area (Å²) in [6.45, 7) is 0.0651. The summed E-state index contributed by atoms with van der Waals surface area (Å²) < 4.78 is 75.2. The number of hydrogen-bond donors (Lipinski definition) is 3. The van der Waals surface area contributed by atoms with Gasteiger partial charge in [0.05, 0.1) is 16.3 Å². The van der Waals surface area contributed by atoms with Crippen molar-refractivity contribution in [2.75, 3.05) is 10.6 Å². The molecule has 2 aromatic carbocycles. The molecule has 180 valence electrons. The number of nitrogens with zero attached hydrogens (tertiary/aromatic N) is 1. The molecule has 3 aromatic rings. The van der Waals surface area contributed by atoms with Crippen LogP contribution >= 0.6 is 11.3 Å². The van der Waals surface area contributed by atoms with Gasteiger partial charge in [0.15, 0.2) is 15.0 Å². The average Bonchev–Trinajstić information content (AvgIpc) is 3.18. The van der Waals surface area contributed by atoms with Crippen molar-refractivity contribution in [3.8, 4) is 0 Å². The van der Waals surface area contributed by atoms with Gasteiger partial charge in [0.25, 0.3) is 0 Å². The molecule has 1 heterocycles. The minimum absolute atomic E-state index is 0.0651. The molecule has 8 nitrogen and oxygen atoms in total. The lowest BCUT2D eigenvalue weighted by Gasteiger charge is -2.09. The maximum absolute atomic E-state index is 13.2. The normalized spacial score (nSPS) is 11.6. The summed E-state index contributed by atoms with van der Waals surface area (Å²) in [6, 6.07) is 9.25. The highest BCUT2D eigenvalue weighted by Crippen LogP contribution is 2.23. The van der Waals surface area contributed by atoms with Crippen molar-refractivity contribution in [1.29, 1.82) is 0 Å². The fraction of sp³-hybridized carbons (Fsp3) is 0.150. The Labute approximate surface area is 194 Å². The predicted molar refractivity (Wildman–Crippen MR) is 116 cm³/mol. The van der Waals surface area contributed by atoms with E-state index in [1.54, 1.807) is 11.4 Å². The topological polar surface area (TPSA) is 117 Å². The summed E-state index contributed by atoms with van der Waals surface area (Å²) in [5, 5.41) is 8.15. The first kappa shape index (κ1) is 25.1. The highest BCUT2D eigenvalue weighted by Gasteiger charge is 2.38. The van der Waals surface area contributed by atoms with E-state index in [1.807, 2.05) is 0 Å². The van der Waals surface area contributed by atoms with Crippen LogP contribution in [-0.2, 0) is 26.9 Å². The standard InChI is InChI=1S/C20H16F4N4O4S2/c21-13-3-1-2-12(8-13)9-25-18(30)28-19-27-15(10-33-19)11-34(31,32)16-6-4-14(5-7-16)26-17(29)20(22,23)24/h1-8,10H,9,11H2,(H,26,29)(H2,25,27,28,30). The molecule has 3 amide bonds. The second kappa shape index (κ2) is 10.2. The Morgan fingerprint density at radius 3 is 2.38 bits per heavy atom. The number of halogens is 4. The summed E-state index contributed by atoms with van der Waals surface area (Å²) in [6.07, 6.45) is -5.07. The molecule has 0 unspecified atom stereocenters. The molecule has 3 N–H and O–H groups in total. The molecule has 0 radical (unpaired) electrons. The Morgan fingerprint density at radius 1 is 1.03 bits per heavy atom. The van der Waals surface area contributed by atoms with Gasteiger partial charge in [-0.2, -0.15) is 13.2 Å². The number of rotatable bonds is 7. The van der Waals surface area contributed by atoms with Crippen LogP contribution in [0.3, 0.4) is 0 Å². The number of anilines is 2. The molecule has 0 saturated heterocycles. The van der Waals surface area contributed by atoms with Crippen molar-refractivity contribution >= 4 is 43.9 Å². The molecule has 0 aliphatic carbocycles. The van der Waals surface area contributed by atoms with E-state index in [0.29, 0.717) is 5.56 Å². The van der Waals surface area contributed by atoms with E-state index in [4.69, 9.17) is 0 Å². The number of urea groups is 1. The maximum atomic E-state index is 13.2. The van der Waals surface area contributed by atoms with E-state index < -0.39 is 39.5 Å². The molecule has 3 rings (SSSR count). The first-order valence-electron chi connectivity index (χ1n) is 9.37. The number of sulfone groups is 1. The third kappa shape index (κ3) is 6.99. The van der Waals surface area contributed by atoms with Crippen molar-refractivity contribution in [2.24, 2.45) is 0 Å². The Morgan fingerprint density at radius 2 is 1.74 bits per heavy atom. The number of amides is 3. The lowest BCUT2D eigenvalue weighted by atomic mass is 10.2. The van der Waals surface area contributed by atoms with Crippen LogP contribution in [0, 0.1) is 5.82 Å². The summed E-state index contributed by atoms with van der Waals surface area (Å²) >= 11 is 0.988. The van der Waals surface area contributed by atoms with E-state index in [9.17, 15) is 35.6 Å². The van der Waals surface area contributed by atoms with Gasteiger partial charge in [-0.25, -0.2) is 22.6 Å². The Hall–Kier alpha value is -3.52. The summed E-state index contributed by atoms with van der Waals surface area (Å²) in [4.78, 5) is 26.8. The number of carbonyl (C=O) groups is 2. The molecule has 0 aliphatic rings. The Balaban J connectivity index is 1.57. The van der Waals surface area contributed by atoms with Crippen LogP contribution in [0.25, 0.3) is 0 Å². The van der Waals surface area contributed by atoms with Gasteiger partial charge in [-0.15, -0.1) is 11.3 Å². The Kier molecular flexibility index (Phi) is 7.51. The third-order valence-corrected chi connectivity index (χ3v) is 6.65. The number of hydrogen-bond acceptors (Lipinski definition) is 6. The molecular weight excluding hydrogens is 500 g/mol. The summed E-state index contributed by atoms with van der Waals surface area (Å²) in [5.41, 5.74) is 0.468. The van der Waals surface area contributed by atoms with E-state index in [-0.39, 0.29) is 28.0 Å². The minimum Gasteiger partial charge on any atom is -0.334 e. The molecule has 0 saturated carbocycles. The molecule has 34 heavy (non-hydrogen) atoms. The zero-order valence-electron chi connectivity index (χ0n) is 17.0. The number of nitrogens with one attached hydrogen (secondary N) is 3. The van der Waals surface area contributed by atoms with Crippen molar-refractivity contribution in [3.63, 3.8) is 0 Å². The second-order valence-corrected chi connectivity index (χ2v) is 9.66. The lowest BCUT2D eigenvalue weighted by Crippen LogP contribution is -2.29. The van der Waals surface area contributed by atoms with Gasteiger partial charge in [-0.05, 0) is 42.0 Å². The quantitative estimate of drug-likeness (QED) is 0.409. The first-order chi connectivity index (χ1) is 15.9. The molecule has 0 bridgehead atoms. The monoisotopic (exact) mass is 516 g/mol. The van der Waals surface area contributed by atoms with E-state index in [1.165, 1.54) is 23.6 Å². The van der Waals surface area contributed by atoms with Gasteiger partial charge in [0.2, 0.25) is 0 Å². The zero-order valence-corrected chi connectivity index (χ0v) is 18.7. The molecule has 0 atom stereocenters. The van der Waals surface area contributed by atoms with Crippen molar-refractivity contribution in [3.05, 3.63) is 71.0 Å². The number of benzene rings is 2. The van der Waals surface area contributed by atoms with Crippen LogP contribution in [-0.4, -0.2) is 31.5 Å². The summed E-state index contributed by atoms with van der Waals surface area (Å²) in [7, 11) is -3.91. The third-order valence-electron chi connectivity index (χ3n) is 4.18. The number of thiazole rings is 1. The highest BCUT2D eigenvalue weighted by atomic mass is 32.2. The van der Waals surface area contributed by atoms with Crippen LogP contribution in [0.5, 0.6) is 0 Å². The summed E-state index contributed by atoms with van der Waals surface area (Å²) in [5.74, 6) is -3.14. The maximum Gasteiger partial charge on any atom is 0.471 e. The van der Waals surface area contributed by atoms with Gasteiger partial charge in [-0.3, -0.25) is 10.1 Å². The molecule has 14 heteroatoms. The molecule has 1 aromatic heterocycles. The van der Waals surface area contributed by atoms with Gasteiger partial charge in [0, 0.05) is 17.6 Å². The highest BCUT2D eigenvalue weighted by molar-refractivity contribution is 7.90. The van der Waals surface area contributed by atoms with Gasteiger partial charge < -0.3 is 10.6 Å². The van der Waals surface area contributed by atoms with E-state index in [2.05, 4.69) is 15.6 Å². The van der Waals surface area contributed by atoms with Gasteiger partial charge in [-0.1, -0.05) is 12.1 Å². The lowest BCUT2D eigenvalue weighted by molar-refractivity contribution is -0.167. The SMILES string of the molecule is O=C(NCc1cccc(F)c1)Nc1nc(CS(=O)(=O)c2ccc(NC(=O)C(F)(F)F)cc2)cs1. The Bertz CT molecular complexity index is 1290. The first-order valence-corrected chi connectivity index (χ1v) is 11.9. The van der Waals surface area contributed by atoms with Crippen molar-refractivity contribution < 1.29 is 35.6 Å². The van der Waals surface area contributed by atoms with Crippen LogP contribution < -0.4 is 16.0 Å². The molecule has 0 fully saturated rings. The second-order valence-electron chi connectivity index (χ2n) is 6.82. The number of carbonyl (C=O) groups excluding carboxylic acids is 2. The van der Waals surface area contributed by atoms with E-state index >= 15 is 0 Å². The van der Waals surface area contributed by atoms with Gasteiger partial charge in [0.1, 0.15) is 5.82 Å². The van der Waals surface area contributed by atoms with Crippen LogP contribution in [0.15, 0.2) is 58.8 Å². The van der Waals surface area contributed by atoms with Crippen LogP contribution in [0.1, 0.15) is 11.3 Å². The average molecular weight is 516 g/mol. The van der Waals surface area contributed by atoms with Crippen LogP contribution in [0.2, 0.25) is 0 Å². The number of aromatic nitrogens is 1. The predicted octanol–water partition coefficient (Wildman–Crippen LogP) is 4.08. The largest absolute Gasteiger partial charge is 0.471 e.